The third-order valence-electron chi connectivity index (χ3n) is 3.02. The highest BCUT2D eigenvalue weighted by atomic mass is 35.5. The van der Waals surface area contributed by atoms with E-state index in [-0.39, 0.29) is 0 Å². The molecule has 0 aromatic heterocycles. The van der Waals surface area contributed by atoms with E-state index < -0.39 is 0 Å². The highest BCUT2D eigenvalue weighted by molar-refractivity contribution is 6.17. The number of rotatable bonds is 1. The van der Waals surface area contributed by atoms with E-state index >= 15 is 0 Å². The van der Waals surface area contributed by atoms with Crippen molar-refractivity contribution >= 4 is 11.6 Å². The van der Waals surface area contributed by atoms with Crippen LogP contribution in [0, 0.1) is 0 Å². The number of fused-ring (bicyclic) bond motifs is 3. The molecule has 0 spiro atoms. The largest absolute Gasteiger partial charge is 0.122 e. The number of benzene rings is 2. The van der Waals surface area contributed by atoms with Gasteiger partial charge in [-0.25, -0.2) is 0 Å². The van der Waals surface area contributed by atoms with E-state index in [0.717, 1.165) is 6.42 Å². The predicted octanol–water partition coefficient (Wildman–Crippen LogP) is 4.00. The van der Waals surface area contributed by atoms with E-state index in [4.69, 9.17) is 11.6 Å². The summed E-state index contributed by atoms with van der Waals surface area (Å²) in [6.07, 6.45) is 1.06. The Labute approximate surface area is 94.5 Å². The monoisotopic (exact) mass is 214 g/mol. The summed E-state index contributed by atoms with van der Waals surface area (Å²) in [5, 5.41) is 0. The molecular formula is C14H11Cl. The Hall–Kier alpha value is -1.27. The van der Waals surface area contributed by atoms with E-state index in [1.807, 2.05) is 0 Å². The van der Waals surface area contributed by atoms with Gasteiger partial charge >= 0.3 is 0 Å². The molecule has 0 aliphatic heterocycles. The molecule has 0 fully saturated rings. The quantitative estimate of drug-likeness (QED) is 0.538. The van der Waals surface area contributed by atoms with Crippen molar-refractivity contribution in [1.29, 1.82) is 0 Å². The van der Waals surface area contributed by atoms with Crippen molar-refractivity contribution in [3.63, 3.8) is 0 Å². The van der Waals surface area contributed by atoms with E-state index in [2.05, 4.69) is 42.5 Å². The van der Waals surface area contributed by atoms with Crippen LogP contribution in [0.3, 0.4) is 0 Å². The minimum absolute atomic E-state index is 0.593. The van der Waals surface area contributed by atoms with Gasteiger partial charge in [-0.05, 0) is 40.3 Å². The molecule has 1 aliphatic carbocycles. The van der Waals surface area contributed by atoms with E-state index in [1.54, 1.807) is 0 Å². The molecule has 0 amide bonds. The third-order valence-corrected chi connectivity index (χ3v) is 3.33. The minimum Gasteiger partial charge on any atom is -0.122 e. The number of alkyl halides is 1. The Balaban J connectivity index is 2.22. The average molecular weight is 215 g/mol. The SMILES string of the molecule is ClCc1ccc2c(c1)-c1ccccc1C2. The van der Waals surface area contributed by atoms with Crippen molar-refractivity contribution < 1.29 is 0 Å². The van der Waals surface area contributed by atoms with Crippen molar-refractivity contribution in [2.45, 2.75) is 12.3 Å². The Morgan fingerprint density at radius 2 is 1.73 bits per heavy atom. The maximum absolute atomic E-state index is 5.86. The Bertz CT molecular complexity index is 514. The summed E-state index contributed by atoms with van der Waals surface area (Å²) in [5.41, 5.74) is 6.79. The van der Waals surface area contributed by atoms with Crippen molar-refractivity contribution in [2.24, 2.45) is 0 Å². The number of hydrogen-bond acceptors (Lipinski definition) is 0. The summed E-state index contributed by atoms with van der Waals surface area (Å²) in [7, 11) is 0. The summed E-state index contributed by atoms with van der Waals surface area (Å²) < 4.78 is 0. The second-order valence-electron chi connectivity index (χ2n) is 3.96. The fourth-order valence-electron chi connectivity index (χ4n) is 2.25. The van der Waals surface area contributed by atoms with Gasteiger partial charge in [0.05, 0.1) is 0 Å². The van der Waals surface area contributed by atoms with Gasteiger partial charge in [-0.15, -0.1) is 11.6 Å². The zero-order valence-corrected chi connectivity index (χ0v) is 9.09. The Morgan fingerprint density at radius 1 is 0.933 bits per heavy atom. The zero-order chi connectivity index (χ0) is 10.3. The molecule has 15 heavy (non-hydrogen) atoms. The zero-order valence-electron chi connectivity index (χ0n) is 8.33. The van der Waals surface area contributed by atoms with Gasteiger partial charge < -0.3 is 0 Å². The predicted molar refractivity (Wildman–Crippen MR) is 64.2 cm³/mol. The Morgan fingerprint density at radius 3 is 2.60 bits per heavy atom. The van der Waals surface area contributed by atoms with Crippen molar-refractivity contribution in [3.05, 3.63) is 59.2 Å². The lowest BCUT2D eigenvalue weighted by Crippen LogP contribution is -1.82. The highest BCUT2D eigenvalue weighted by Crippen LogP contribution is 2.36. The van der Waals surface area contributed by atoms with Gasteiger partial charge in [0.1, 0.15) is 0 Å². The molecule has 0 atom stereocenters. The lowest BCUT2D eigenvalue weighted by atomic mass is 10.0. The van der Waals surface area contributed by atoms with Crippen LogP contribution in [0.25, 0.3) is 11.1 Å². The molecule has 0 unspecified atom stereocenters. The van der Waals surface area contributed by atoms with Crippen LogP contribution in [0.2, 0.25) is 0 Å². The lowest BCUT2D eigenvalue weighted by Gasteiger charge is -2.02. The molecule has 1 heteroatoms. The molecular weight excluding hydrogens is 204 g/mol. The molecule has 2 aromatic carbocycles. The molecule has 0 saturated heterocycles. The second-order valence-corrected chi connectivity index (χ2v) is 4.23. The van der Waals surface area contributed by atoms with Crippen LogP contribution in [-0.4, -0.2) is 0 Å². The van der Waals surface area contributed by atoms with Crippen molar-refractivity contribution in [3.8, 4) is 11.1 Å². The van der Waals surface area contributed by atoms with Crippen LogP contribution < -0.4 is 0 Å². The smallest absolute Gasteiger partial charge is 0.0474 e. The summed E-state index contributed by atoms with van der Waals surface area (Å²) in [5.74, 6) is 0.593. The molecule has 0 saturated carbocycles. The van der Waals surface area contributed by atoms with Crippen molar-refractivity contribution in [1.82, 2.24) is 0 Å². The average Bonchev–Trinajstić information content (AvgIpc) is 2.66. The summed E-state index contributed by atoms with van der Waals surface area (Å²) in [6.45, 7) is 0. The van der Waals surface area contributed by atoms with E-state index in [0.29, 0.717) is 5.88 Å². The van der Waals surface area contributed by atoms with Gasteiger partial charge in [-0.1, -0.05) is 36.4 Å². The molecule has 0 heterocycles. The molecule has 0 nitrogen and oxygen atoms in total. The van der Waals surface area contributed by atoms with Gasteiger partial charge in [-0.2, -0.15) is 0 Å². The number of halogens is 1. The highest BCUT2D eigenvalue weighted by Gasteiger charge is 2.17. The van der Waals surface area contributed by atoms with Gasteiger partial charge in [0.2, 0.25) is 0 Å². The first-order chi connectivity index (χ1) is 7.38. The fourth-order valence-corrected chi connectivity index (χ4v) is 2.42. The first-order valence-corrected chi connectivity index (χ1v) is 5.68. The van der Waals surface area contributed by atoms with Crippen LogP contribution in [0.5, 0.6) is 0 Å². The van der Waals surface area contributed by atoms with Crippen LogP contribution in [0.1, 0.15) is 16.7 Å². The molecule has 1 aliphatic rings. The van der Waals surface area contributed by atoms with Gasteiger partial charge in [-0.3, -0.25) is 0 Å². The standard InChI is InChI=1S/C14H11Cl/c15-9-10-5-6-12-8-11-3-1-2-4-13(11)14(12)7-10/h1-7H,8-9H2. The summed E-state index contributed by atoms with van der Waals surface area (Å²) in [6, 6.07) is 15.1. The fraction of sp³-hybridized carbons (Fsp3) is 0.143. The van der Waals surface area contributed by atoms with Crippen LogP contribution in [0.4, 0.5) is 0 Å². The summed E-state index contributed by atoms with van der Waals surface area (Å²) in [4.78, 5) is 0. The molecule has 0 radical (unpaired) electrons. The third kappa shape index (κ3) is 1.37. The topological polar surface area (TPSA) is 0 Å². The lowest BCUT2D eigenvalue weighted by molar-refractivity contribution is 1.25. The maximum Gasteiger partial charge on any atom is 0.0474 e. The molecule has 3 rings (SSSR count). The number of hydrogen-bond donors (Lipinski definition) is 0. The molecule has 74 valence electrons. The molecule has 0 bridgehead atoms. The minimum atomic E-state index is 0.593. The first-order valence-electron chi connectivity index (χ1n) is 5.14. The van der Waals surface area contributed by atoms with Crippen molar-refractivity contribution in [2.75, 3.05) is 0 Å². The van der Waals surface area contributed by atoms with Crippen LogP contribution in [-0.2, 0) is 12.3 Å². The Kier molecular flexibility index (Phi) is 2.03. The van der Waals surface area contributed by atoms with Gasteiger partial charge in [0.25, 0.3) is 0 Å². The van der Waals surface area contributed by atoms with Gasteiger partial charge in [0, 0.05) is 5.88 Å². The van der Waals surface area contributed by atoms with Gasteiger partial charge in [0.15, 0.2) is 0 Å². The van der Waals surface area contributed by atoms with Crippen LogP contribution >= 0.6 is 11.6 Å². The van der Waals surface area contributed by atoms with E-state index in [9.17, 15) is 0 Å². The normalized spacial score (nSPS) is 12.3. The maximum atomic E-state index is 5.86. The van der Waals surface area contributed by atoms with Crippen LogP contribution in [0.15, 0.2) is 42.5 Å². The molecule has 2 aromatic rings. The second kappa shape index (κ2) is 3.39. The molecule has 0 N–H and O–H groups in total. The first kappa shape index (κ1) is 8.99. The summed E-state index contributed by atoms with van der Waals surface area (Å²) >= 11 is 5.86. The van der Waals surface area contributed by atoms with E-state index in [1.165, 1.54) is 27.8 Å².